The fourth-order valence-corrected chi connectivity index (χ4v) is 3.48. The normalized spacial score (nSPS) is 11.0. The number of nitrogens with zero attached hydrogens (tertiary/aromatic N) is 1. The van der Waals surface area contributed by atoms with Crippen molar-refractivity contribution in [2.75, 3.05) is 14.2 Å². The first-order valence-corrected chi connectivity index (χ1v) is 10.2. The molecule has 0 saturated carbocycles. The standard InChI is InChI=1S/C24H19BrClNO3/c1-28-23-8-6-17(13-24(23)29-2)19(14-27)11-18-12-20(25)7-9-22(18)30-15-16-4-3-5-21(26)10-16/h3-13H,15H2,1-2H3/b19-11+. The Morgan fingerprint density at radius 2 is 1.77 bits per heavy atom. The molecule has 0 radical (unpaired) electrons. The maximum atomic E-state index is 9.77. The summed E-state index contributed by atoms with van der Waals surface area (Å²) >= 11 is 9.54. The number of hydrogen-bond donors (Lipinski definition) is 0. The molecule has 3 rings (SSSR count). The summed E-state index contributed by atoms with van der Waals surface area (Å²) in [4.78, 5) is 0. The van der Waals surface area contributed by atoms with E-state index in [1.165, 1.54) is 0 Å². The van der Waals surface area contributed by atoms with E-state index in [4.69, 9.17) is 25.8 Å². The number of nitriles is 1. The van der Waals surface area contributed by atoms with Crippen LogP contribution < -0.4 is 14.2 Å². The highest BCUT2D eigenvalue weighted by Gasteiger charge is 2.10. The third-order valence-corrected chi connectivity index (χ3v) is 5.10. The second kappa shape index (κ2) is 10.2. The zero-order valence-electron chi connectivity index (χ0n) is 16.5. The molecule has 4 nitrogen and oxygen atoms in total. The number of benzene rings is 3. The van der Waals surface area contributed by atoms with Gasteiger partial charge in [-0.15, -0.1) is 0 Å². The summed E-state index contributed by atoms with van der Waals surface area (Å²) in [7, 11) is 3.14. The molecule has 3 aromatic carbocycles. The van der Waals surface area contributed by atoms with Crippen molar-refractivity contribution in [1.82, 2.24) is 0 Å². The molecule has 0 aliphatic heterocycles. The Labute approximate surface area is 189 Å². The minimum atomic E-state index is 0.362. The maximum absolute atomic E-state index is 9.77. The van der Waals surface area contributed by atoms with Crippen LogP contribution in [0.15, 0.2) is 65.1 Å². The summed E-state index contributed by atoms with van der Waals surface area (Å²) < 4.78 is 17.5. The molecule has 0 fully saturated rings. The quantitative estimate of drug-likeness (QED) is 0.274. The molecule has 0 atom stereocenters. The van der Waals surface area contributed by atoms with Crippen molar-refractivity contribution in [2.45, 2.75) is 6.61 Å². The highest BCUT2D eigenvalue weighted by atomic mass is 79.9. The average Bonchev–Trinajstić information content (AvgIpc) is 2.76. The van der Waals surface area contributed by atoms with E-state index in [-0.39, 0.29) is 0 Å². The number of allylic oxidation sites excluding steroid dienone is 1. The molecule has 0 aliphatic rings. The SMILES string of the molecule is COc1ccc(/C(C#N)=C/c2cc(Br)ccc2OCc2cccc(Cl)c2)cc1OC. The average molecular weight is 485 g/mol. The van der Waals surface area contributed by atoms with E-state index in [0.717, 1.165) is 21.2 Å². The van der Waals surface area contributed by atoms with Crippen LogP contribution in [0.3, 0.4) is 0 Å². The van der Waals surface area contributed by atoms with Gasteiger partial charge in [0.1, 0.15) is 12.4 Å². The van der Waals surface area contributed by atoms with Gasteiger partial charge < -0.3 is 14.2 Å². The van der Waals surface area contributed by atoms with Crippen LogP contribution in [0, 0.1) is 11.3 Å². The summed E-state index contributed by atoms with van der Waals surface area (Å²) in [5.41, 5.74) is 2.93. The summed E-state index contributed by atoms with van der Waals surface area (Å²) in [5.74, 6) is 1.82. The lowest BCUT2D eigenvalue weighted by Gasteiger charge is -2.12. The zero-order chi connectivity index (χ0) is 21.5. The Kier molecular flexibility index (Phi) is 7.40. The molecule has 0 amide bonds. The zero-order valence-corrected chi connectivity index (χ0v) is 18.8. The maximum Gasteiger partial charge on any atom is 0.161 e. The van der Waals surface area contributed by atoms with Gasteiger partial charge in [0.15, 0.2) is 11.5 Å². The van der Waals surface area contributed by atoms with Gasteiger partial charge in [0.2, 0.25) is 0 Å². The Morgan fingerprint density at radius 1 is 1.00 bits per heavy atom. The Balaban J connectivity index is 1.94. The molecule has 6 heteroatoms. The Bertz CT molecular complexity index is 1120. The lowest BCUT2D eigenvalue weighted by Crippen LogP contribution is -1.97. The van der Waals surface area contributed by atoms with Gasteiger partial charge in [-0.1, -0.05) is 39.7 Å². The van der Waals surface area contributed by atoms with Crippen LogP contribution in [0.4, 0.5) is 0 Å². The molecular weight excluding hydrogens is 466 g/mol. The van der Waals surface area contributed by atoms with E-state index in [9.17, 15) is 5.26 Å². The number of hydrogen-bond acceptors (Lipinski definition) is 4. The lowest BCUT2D eigenvalue weighted by atomic mass is 10.0. The molecule has 0 bridgehead atoms. The van der Waals surface area contributed by atoms with Crippen LogP contribution in [-0.2, 0) is 6.61 Å². The van der Waals surface area contributed by atoms with Crippen LogP contribution >= 0.6 is 27.5 Å². The number of ether oxygens (including phenoxy) is 3. The van der Waals surface area contributed by atoms with Gasteiger partial charge in [-0.2, -0.15) is 5.26 Å². The van der Waals surface area contributed by atoms with Crippen LogP contribution in [0.2, 0.25) is 5.02 Å². The molecule has 0 N–H and O–H groups in total. The van der Waals surface area contributed by atoms with Crippen molar-refractivity contribution >= 4 is 39.2 Å². The fourth-order valence-electron chi connectivity index (χ4n) is 2.89. The molecule has 30 heavy (non-hydrogen) atoms. The van der Waals surface area contributed by atoms with Crippen LogP contribution in [0.1, 0.15) is 16.7 Å². The molecule has 0 spiro atoms. The summed E-state index contributed by atoms with van der Waals surface area (Å²) in [5, 5.41) is 10.4. The van der Waals surface area contributed by atoms with E-state index in [2.05, 4.69) is 22.0 Å². The van der Waals surface area contributed by atoms with Crippen molar-refractivity contribution in [3.8, 4) is 23.3 Å². The number of methoxy groups -OCH3 is 2. The molecule has 0 heterocycles. The van der Waals surface area contributed by atoms with Crippen LogP contribution in [0.5, 0.6) is 17.2 Å². The van der Waals surface area contributed by atoms with E-state index in [0.29, 0.717) is 34.5 Å². The smallest absolute Gasteiger partial charge is 0.161 e. The second-order valence-corrected chi connectivity index (χ2v) is 7.69. The van der Waals surface area contributed by atoms with E-state index >= 15 is 0 Å². The van der Waals surface area contributed by atoms with E-state index in [1.54, 1.807) is 32.4 Å². The third-order valence-electron chi connectivity index (χ3n) is 4.37. The summed E-state index contributed by atoms with van der Waals surface area (Å²) in [6.07, 6.45) is 1.79. The fraction of sp³-hybridized carbons (Fsp3) is 0.125. The molecular formula is C24H19BrClNO3. The molecule has 0 unspecified atom stereocenters. The monoisotopic (exact) mass is 483 g/mol. The third kappa shape index (κ3) is 5.35. The van der Waals surface area contributed by atoms with Crippen LogP contribution in [-0.4, -0.2) is 14.2 Å². The molecule has 3 aromatic rings. The van der Waals surface area contributed by atoms with Gasteiger partial charge in [0.05, 0.1) is 25.9 Å². The minimum Gasteiger partial charge on any atom is -0.493 e. The minimum absolute atomic E-state index is 0.362. The topological polar surface area (TPSA) is 51.5 Å². The predicted octanol–water partition coefficient (Wildman–Crippen LogP) is 6.76. The van der Waals surface area contributed by atoms with Crippen molar-refractivity contribution in [2.24, 2.45) is 0 Å². The summed E-state index contributed by atoms with van der Waals surface area (Å²) in [6.45, 7) is 0.362. The van der Waals surface area contributed by atoms with Gasteiger partial charge in [0, 0.05) is 15.1 Å². The van der Waals surface area contributed by atoms with Gasteiger partial charge in [-0.25, -0.2) is 0 Å². The highest BCUT2D eigenvalue weighted by molar-refractivity contribution is 9.10. The molecule has 152 valence electrons. The summed E-state index contributed by atoms with van der Waals surface area (Å²) in [6, 6.07) is 20.8. The first kappa shape index (κ1) is 21.8. The van der Waals surface area contributed by atoms with Crippen LogP contribution in [0.25, 0.3) is 11.6 Å². The Morgan fingerprint density at radius 3 is 2.47 bits per heavy atom. The predicted molar refractivity (Wildman–Crippen MR) is 123 cm³/mol. The van der Waals surface area contributed by atoms with E-state index in [1.807, 2.05) is 48.5 Å². The molecule has 0 aliphatic carbocycles. The van der Waals surface area contributed by atoms with Crippen molar-refractivity contribution in [1.29, 1.82) is 5.26 Å². The van der Waals surface area contributed by atoms with Crippen molar-refractivity contribution < 1.29 is 14.2 Å². The molecule has 0 aromatic heterocycles. The number of rotatable bonds is 7. The second-order valence-electron chi connectivity index (χ2n) is 6.34. The molecule has 0 saturated heterocycles. The van der Waals surface area contributed by atoms with Gasteiger partial charge in [0.25, 0.3) is 0 Å². The van der Waals surface area contributed by atoms with E-state index < -0.39 is 0 Å². The van der Waals surface area contributed by atoms with Crippen molar-refractivity contribution in [3.63, 3.8) is 0 Å². The largest absolute Gasteiger partial charge is 0.493 e. The lowest BCUT2D eigenvalue weighted by molar-refractivity contribution is 0.305. The first-order chi connectivity index (χ1) is 14.5. The highest BCUT2D eigenvalue weighted by Crippen LogP contribution is 2.33. The first-order valence-electron chi connectivity index (χ1n) is 9.05. The Hall–Kier alpha value is -2.94. The number of halogens is 2. The van der Waals surface area contributed by atoms with Crippen molar-refractivity contribution in [3.05, 3.63) is 86.8 Å². The van der Waals surface area contributed by atoms with Gasteiger partial charge in [-0.05, 0) is 65.7 Å². The van der Waals surface area contributed by atoms with Gasteiger partial charge in [-0.3, -0.25) is 0 Å². The van der Waals surface area contributed by atoms with Gasteiger partial charge >= 0.3 is 0 Å².